The quantitative estimate of drug-likeness (QED) is 0.622. The number of carboxylic acids is 1. The monoisotopic (exact) mass is 205 g/mol. The van der Waals surface area contributed by atoms with E-state index < -0.39 is 15.8 Å². The minimum absolute atomic E-state index is 0.0311. The molecule has 74 valence electrons. The van der Waals surface area contributed by atoms with E-state index in [0.29, 0.717) is 13.0 Å². The summed E-state index contributed by atoms with van der Waals surface area (Å²) in [5.41, 5.74) is 0. The molecular weight excluding hydrogens is 194 g/mol. The fourth-order valence-electron chi connectivity index (χ4n) is 2.14. The molecule has 0 aliphatic carbocycles. The largest absolute Gasteiger partial charge is 0.480 e. The fraction of sp³-hybridized carbons (Fsp3) is 0.857. The Morgan fingerprint density at radius 3 is 2.62 bits per heavy atom. The van der Waals surface area contributed by atoms with Crippen molar-refractivity contribution in [1.29, 1.82) is 0 Å². The summed E-state index contributed by atoms with van der Waals surface area (Å²) in [7, 11) is -2.89. The molecule has 0 saturated carbocycles. The van der Waals surface area contributed by atoms with Crippen molar-refractivity contribution in [2.75, 3.05) is 18.8 Å². The molecule has 0 spiro atoms. The van der Waals surface area contributed by atoms with Gasteiger partial charge in [-0.2, -0.15) is 0 Å². The Balaban J connectivity index is 2.07. The van der Waals surface area contributed by atoms with Crippen LogP contribution in [0.4, 0.5) is 0 Å². The Morgan fingerprint density at radius 1 is 1.54 bits per heavy atom. The first-order valence-corrected chi connectivity index (χ1v) is 5.88. The summed E-state index contributed by atoms with van der Waals surface area (Å²) in [6.07, 6.45) is 0.621. The maximum absolute atomic E-state index is 11.3. The van der Waals surface area contributed by atoms with E-state index in [1.54, 1.807) is 4.90 Å². The SMILES string of the molecule is O=C(O)CN1CC2CC1CS2(=O)=O. The second-order valence-electron chi connectivity index (χ2n) is 3.66. The molecule has 2 atom stereocenters. The average molecular weight is 205 g/mol. The zero-order chi connectivity index (χ0) is 9.64. The number of sulfone groups is 1. The van der Waals surface area contributed by atoms with Crippen molar-refractivity contribution in [2.24, 2.45) is 0 Å². The van der Waals surface area contributed by atoms with Gasteiger partial charge in [0.25, 0.3) is 0 Å². The standard InChI is InChI=1S/C7H11NO4S/c9-7(10)3-8-2-6-1-5(8)4-13(6,11)12/h5-6H,1-4H2,(H,9,10). The van der Waals surface area contributed by atoms with Gasteiger partial charge in [0, 0.05) is 12.6 Å². The molecule has 0 aromatic heterocycles. The molecule has 2 saturated heterocycles. The van der Waals surface area contributed by atoms with Gasteiger partial charge in [-0.05, 0) is 6.42 Å². The third-order valence-electron chi connectivity index (χ3n) is 2.76. The van der Waals surface area contributed by atoms with E-state index in [1.165, 1.54) is 0 Å². The predicted octanol–water partition coefficient (Wildman–Crippen LogP) is -1.06. The van der Waals surface area contributed by atoms with E-state index in [4.69, 9.17) is 5.11 Å². The molecule has 0 aromatic carbocycles. The molecular formula is C7H11NO4S. The first kappa shape index (κ1) is 8.96. The van der Waals surface area contributed by atoms with E-state index in [9.17, 15) is 13.2 Å². The number of carbonyl (C=O) groups is 1. The minimum Gasteiger partial charge on any atom is -0.480 e. The van der Waals surface area contributed by atoms with Crippen LogP contribution in [0.2, 0.25) is 0 Å². The van der Waals surface area contributed by atoms with Crippen LogP contribution in [0.15, 0.2) is 0 Å². The van der Waals surface area contributed by atoms with Gasteiger partial charge >= 0.3 is 5.97 Å². The number of aliphatic carboxylic acids is 1. The van der Waals surface area contributed by atoms with Gasteiger partial charge in [-0.1, -0.05) is 0 Å². The third-order valence-corrected chi connectivity index (χ3v) is 4.97. The lowest BCUT2D eigenvalue weighted by atomic mass is 10.2. The summed E-state index contributed by atoms with van der Waals surface area (Å²) in [5, 5.41) is 8.23. The maximum atomic E-state index is 11.3. The fourth-order valence-corrected chi connectivity index (χ4v) is 4.23. The van der Waals surface area contributed by atoms with Gasteiger partial charge < -0.3 is 5.11 Å². The lowest BCUT2D eigenvalue weighted by Crippen LogP contribution is -2.42. The molecule has 2 aliphatic heterocycles. The van der Waals surface area contributed by atoms with Crippen molar-refractivity contribution in [1.82, 2.24) is 4.90 Å². The Morgan fingerprint density at radius 2 is 2.23 bits per heavy atom. The Labute approximate surface area is 76.3 Å². The highest BCUT2D eigenvalue weighted by Gasteiger charge is 2.48. The number of rotatable bonds is 2. The molecule has 0 radical (unpaired) electrons. The van der Waals surface area contributed by atoms with Crippen molar-refractivity contribution in [2.45, 2.75) is 17.7 Å². The van der Waals surface area contributed by atoms with Crippen LogP contribution in [-0.2, 0) is 14.6 Å². The molecule has 1 N–H and O–H groups in total. The van der Waals surface area contributed by atoms with Crippen LogP contribution in [0.1, 0.15) is 6.42 Å². The second kappa shape index (κ2) is 2.68. The summed E-state index contributed by atoms with van der Waals surface area (Å²) in [4.78, 5) is 12.1. The highest BCUT2D eigenvalue weighted by Crippen LogP contribution is 2.32. The molecule has 2 bridgehead atoms. The first-order chi connectivity index (χ1) is 5.99. The highest BCUT2D eigenvalue weighted by molar-refractivity contribution is 7.92. The highest BCUT2D eigenvalue weighted by atomic mass is 32.2. The van der Waals surface area contributed by atoms with Crippen molar-refractivity contribution in [3.8, 4) is 0 Å². The van der Waals surface area contributed by atoms with Crippen molar-refractivity contribution >= 4 is 15.8 Å². The summed E-state index contributed by atoms with van der Waals surface area (Å²) in [5.74, 6) is -0.741. The Kier molecular flexibility index (Phi) is 1.85. The van der Waals surface area contributed by atoms with Crippen LogP contribution in [0.5, 0.6) is 0 Å². The topological polar surface area (TPSA) is 74.7 Å². The van der Waals surface area contributed by atoms with E-state index in [2.05, 4.69) is 0 Å². The van der Waals surface area contributed by atoms with Gasteiger partial charge in [-0.25, -0.2) is 8.42 Å². The number of hydrogen-bond donors (Lipinski definition) is 1. The molecule has 0 amide bonds. The number of nitrogens with zero attached hydrogens (tertiary/aromatic N) is 1. The lowest BCUT2D eigenvalue weighted by Gasteiger charge is -2.24. The van der Waals surface area contributed by atoms with Gasteiger partial charge in [0.05, 0.1) is 17.5 Å². The predicted molar refractivity (Wildman–Crippen MR) is 45.2 cm³/mol. The second-order valence-corrected chi connectivity index (χ2v) is 5.99. The first-order valence-electron chi connectivity index (χ1n) is 4.16. The average Bonchev–Trinajstić information content (AvgIpc) is 2.41. The smallest absolute Gasteiger partial charge is 0.317 e. The van der Waals surface area contributed by atoms with Crippen LogP contribution in [-0.4, -0.2) is 54.5 Å². The summed E-state index contributed by atoms with van der Waals surface area (Å²) >= 11 is 0. The molecule has 2 rings (SSSR count). The van der Waals surface area contributed by atoms with Gasteiger partial charge in [0.1, 0.15) is 0 Å². The minimum atomic E-state index is -2.89. The van der Waals surface area contributed by atoms with Gasteiger partial charge in [0.15, 0.2) is 9.84 Å². The van der Waals surface area contributed by atoms with E-state index >= 15 is 0 Å². The van der Waals surface area contributed by atoms with Crippen LogP contribution in [0.25, 0.3) is 0 Å². The van der Waals surface area contributed by atoms with E-state index in [0.717, 1.165) is 0 Å². The van der Waals surface area contributed by atoms with E-state index in [-0.39, 0.29) is 23.6 Å². The third kappa shape index (κ3) is 1.44. The molecule has 2 fully saturated rings. The number of hydrogen-bond acceptors (Lipinski definition) is 4. The van der Waals surface area contributed by atoms with Crippen molar-refractivity contribution in [3.63, 3.8) is 0 Å². The normalized spacial score (nSPS) is 36.6. The van der Waals surface area contributed by atoms with Crippen LogP contribution < -0.4 is 0 Å². The molecule has 5 nitrogen and oxygen atoms in total. The lowest BCUT2D eigenvalue weighted by molar-refractivity contribution is -0.138. The molecule has 6 heteroatoms. The summed E-state index contributed by atoms with van der Waals surface area (Å²) in [6, 6.07) is -0.0499. The van der Waals surface area contributed by atoms with Crippen LogP contribution in [0.3, 0.4) is 0 Å². The van der Waals surface area contributed by atoms with Crippen molar-refractivity contribution in [3.05, 3.63) is 0 Å². The molecule has 2 unspecified atom stereocenters. The van der Waals surface area contributed by atoms with E-state index in [1.807, 2.05) is 0 Å². The van der Waals surface area contributed by atoms with Crippen LogP contribution in [0, 0.1) is 0 Å². The molecule has 0 aromatic rings. The Hall–Kier alpha value is -0.620. The summed E-state index contributed by atoms with van der Waals surface area (Å²) in [6.45, 7) is 0.371. The zero-order valence-electron chi connectivity index (χ0n) is 7.01. The molecule has 13 heavy (non-hydrogen) atoms. The molecule has 2 heterocycles. The number of fused-ring (bicyclic) bond motifs is 2. The van der Waals surface area contributed by atoms with Crippen molar-refractivity contribution < 1.29 is 18.3 Å². The van der Waals surface area contributed by atoms with Gasteiger partial charge in [0.2, 0.25) is 0 Å². The van der Waals surface area contributed by atoms with Gasteiger partial charge in [-0.3, -0.25) is 9.69 Å². The zero-order valence-corrected chi connectivity index (χ0v) is 7.83. The maximum Gasteiger partial charge on any atom is 0.317 e. The van der Waals surface area contributed by atoms with Gasteiger partial charge in [-0.15, -0.1) is 0 Å². The number of likely N-dealkylation sites (tertiary alicyclic amines) is 1. The van der Waals surface area contributed by atoms with Crippen LogP contribution >= 0.6 is 0 Å². The Bertz CT molecular complexity index is 336. The molecule has 2 aliphatic rings. The number of carboxylic acid groups (broad SMARTS) is 1. The summed E-state index contributed by atoms with van der Waals surface area (Å²) < 4.78 is 22.6.